The molecule has 1 saturated heterocycles. The average Bonchev–Trinajstić information content (AvgIpc) is 2.49. The fraction of sp³-hybridized carbons (Fsp3) is 0.250. The van der Waals surface area contributed by atoms with Gasteiger partial charge < -0.3 is 15.2 Å². The molecule has 1 unspecified atom stereocenters. The molecule has 0 radical (unpaired) electrons. The minimum absolute atomic E-state index is 0.0674. The van der Waals surface area contributed by atoms with E-state index < -0.39 is 0 Å². The number of benzene rings is 2. The second-order valence-corrected chi connectivity index (χ2v) is 6.52. The van der Waals surface area contributed by atoms with Crippen molar-refractivity contribution in [3.63, 3.8) is 0 Å². The van der Waals surface area contributed by atoms with Crippen molar-refractivity contribution in [3.8, 4) is 0 Å². The fourth-order valence-electron chi connectivity index (χ4n) is 2.73. The molecule has 0 N–H and O–H groups in total. The summed E-state index contributed by atoms with van der Waals surface area (Å²) in [4.78, 5) is 2.15. The van der Waals surface area contributed by atoms with Crippen molar-refractivity contribution in [2.45, 2.75) is 6.04 Å². The first-order chi connectivity index (χ1) is 10.5. The van der Waals surface area contributed by atoms with Gasteiger partial charge in [0.15, 0.2) is 0 Å². The Morgan fingerprint density at radius 3 is 2.27 bits per heavy atom. The van der Waals surface area contributed by atoms with Gasteiger partial charge in [0.2, 0.25) is 0 Å². The predicted molar refractivity (Wildman–Crippen MR) is 92.9 cm³/mol. The quantitative estimate of drug-likeness (QED) is 0.757. The van der Waals surface area contributed by atoms with Crippen molar-refractivity contribution in [2.75, 3.05) is 24.5 Å². The highest BCUT2D eigenvalue weighted by molar-refractivity contribution is 6.36. The monoisotopic (exact) mass is 355 g/mol. The number of anilines is 1. The normalized spacial score (nSPS) is 19.5. The summed E-state index contributed by atoms with van der Waals surface area (Å²) >= 11 is 18.3. The Balaban J connectivity index is 1.98. The third-order valence-corrected chi connectivity index (χ3v) is 4.61. The third-order valence-electron chi connectivity index (χ3n) is 3.82. The summed E-state index contributed by atoms with van der Waals surface area (Å²) in [6.45, 7) is 1.45. The van der Waals surface area contributed by atoms with Crippen LogP contribution in [0.25, 0.3) is 0 Å². The molecule has 0 aromatic heterocycles. The van der Waals surface area contributed by atoms with Crippen molar-refractivity contribution in [1.29, 1.82) is 0 Å². The Morgan fingerprint density at radius 2 is 1.59 bits per heavy atom. The highest BCUT2D eigenvalue weighted by atomic mass is 35.5. The van der Waals surface area contributed by atoms with Crippen molar-refractivity contribution >= 4 is 40.5 Å². The number of hydroxylamine groups is 2. The van der Waals surface area contributed by atoms with Gasteiger partial charge in [0.05, 0.1) is 16.8 Å². The van der Waals surface area contributed by atoms with Crippen molar-refractivity contribution < 1.29 is 0 Å². The Hall–Kier alpha value is -0.970. The van der Waals surface area contributed by atoms with E-state index >= 15 is 0 Å². The van der Waals surface area contributed by atoms with Crippen LogP contribution in [-0.4, -0.2) is 24.7 Å². The summed E-state index contributed by atoms with van der Waals surface area (Å²) in [6.07, 6.45) is 0. The summed E-state index contributed by atoms with van der Waals surface area (Å²) in [7, 11) is 0. The molecule has 0 aliphatic carbocycles. The molecule has 2 aromatic rings. The molecule has 0 amide bonds. The Kier molecular flexibility index (Phi) is 4.81. The molecule has 3 nitrogen and oxygen atoms in total. The first-order valence-corrected chi connectivity index (χ1v) is 8.07. The molecule has 3 rings (SSSR count). The Bertz CT molecular complexity index is 663. The third kappa shape index (κ3) is 3.34. The molecule has 1 aliphatic rings. The van der Waals surface area contributed by atoms with Gasteiger partial charge in [-0.1, -0.05) is 46.9 Å². The van der Waals surface area contributed by atoms with E-state index in [9.17, 15) is 5.21 Å². The first kappa shape index (κ1) is 15.9. The molecule has 1 fully saturated rings. The van der Waals surface area contributed by atoms with E-state index in [-0.39, 0.29) is 6.04 Å². The number of hydrogen-bond acceptors (Lipinski definition) is 3. The molecule has 116 valence electrons. The van der Waals surface area contributed by atoms with E-state index in [1.54, 1.807) is 6.07 Å². The minimum atomic E-state index is -0.0674. The zero-order valence-electron chi connectivity index (χ0n) is 11.7. The molecule has 1 heterocycles. The van der Waals surface area contributed by atoms with Crippen molar-refractivity contribution in [3.05, 3.63) is 68.3 Å². The van der Waals surface area contributed by atoms with Crippen LogP contribution in [0.1, 0.15) is 11.6 Å². The number of nitrogens with zero attached hydrogens (tertiary/aromatic N) is 2. The molecule has 0 saturated carbocycles. The fourth-order valence-corrected chi connectivity index (χ4v) is 3.37. The van der Waals surface area contributed by atoms with Gasteiger partial charge in [0, 0.05) is 29.7 Å². The lowest BCUT2D eigenvalue weighted by Gasteiger charge is -2.46. The van der Waals surface area contributed by atoms with E-state index in [2.05, 4.69) is 4.90 Å². The summed E-state index contributed by atoms with van der Waals surface area (Å²) in [6, 6.07) is 12.9. The van der Waals surface area contributed by atoms with Crippen molar-refractivity contribution in [2.24, 2.45) is 0 Å². The van der Waals surface area contributed by atoms with Crippen LogP contribution in [0.3, 0.4) is 0 Å². The second-order valence-electron chi connectivity index (χ2n) is 5.24. The first-order valence-electron chi connectivity index (χ1n) is 6.94. The van der Waals surface area contributed by atoms with E-state index in [0.29, 0.717) is 34.7 Å². The van der Waals surface area contributed by atoms with E-state index in [0.717, 1.165) is 16.3 Å². The molecular formula is C16H14Cl3N2O-. The zero-order valence-corrected chi connectivity index (χ0v) is 13.9. The van der Waals surface area contributed by atoms with Gasteiger partial charge in [-0.2, -0.15) is 0 Å². The van der Waals surface area contributed by atoms with Gasteiger partial charge in [0.1, 0.15) is 0 Å². The highest BCUT2D eigenvalue weighted by Crippen LogP contribution is 2.36. The highest BCUT2D eigenvalue weighted by Gasteiger charge is 2.26. The standard InChI is InChI=1S/C16H14Cl3N2O/c17-12-3-1-11(2-4-12)16-10-20(22)7-8-21(16)15-6-5-13(18)9-14(15)19/h1-6,9,16H,7-8,10H2/q-1. The summed E-state index contributed by atoms with van der Waals surface area (Å²) < 4.78 is 0. The van der Waals surface area contributed by atoms with E-state index in [1.165, 1.54) is 0 Å². The summed E-state index contributed by atoms with van der Waals surface area (Å²) in [5, 5.41) is 14.8. The molecule has 0 bridgehead atoms. The van der Waals surface area contributed by atoms with E-state index in [1.807, 2.05) is 36.4 Å². The van der Waals surface area contributed by atoms with Crippen LogP contribution in [-0.2, 0) is 0 Å². The number of halogens is 3. The molecule has 2 aromatic carbocycles. The molecule has 1 atom stereocenters. The SMILES string of the molecule is [O-]N1CCN(c2ccc(Cl)cc2Cl)C(c2ccc(Cl)cc2)C1. The van der Waals surface area contributed by atoms with Crippen LogP contribution in [0, 0.1) is 5.21 Å². The molecule has 6 heteroatoms. The smallest absolute Gasteiger partial charge is 0.0661 e. The molecule has 1 aliphatic heterocycles. The lowest BCUT2D eigenvalue weighted by Crippen LogP contribution is -2.46. The largest absolute Gasteiger partial charge is 0.785 e. The lowest BCUT2D eigenvalue weighted by atomic mass is 10.0. The minimum Gasteiger partial charge on any atom is -0.785 e. The van der Waals surface area contributed by atoms with Crippen LogP contribution in [0.2, 0.25) is 15.1 Å². The van der Waals surface area contributed by atoms with Crippen LogP contribution in [0.5, 0.6) is 0 Å². The molecular weight excluding hydrogens is 343 g/mol. The zero-order chi connectivity index (χ0) is 15.7. The second kappa shape index (κ2) is 6.65. The van der Waals surface area contributed by atoms with Gasteiger partial charge in [-0.25, -0.2) is 0 Å². The maximum atomic E-state index is 11.8. The van der Waals surface area contributed by atoms with Crippen LogP contribution in [0.15, 0.2) is 42.5 Å². The van der Waals surface area contributed by atoms with Crippen LogP contribution >= 0.6 is 34.8 Å². The van der Waals surface area contributed by atoms with E-state index in [4.69, 9.17) is 34.8 Å². The van der Waals surface area contributed by atoms with Gasteiger partial charge >= 0.3 is 0 Å². The number of rotatable bonds is 2. The average molecular weight is 357 g/mol. The number of piperazine rings is 1. The molecule has 0 spiro atoms. The maximum Gasteiger partial charge on any atom is 0.0661 e. The lowest BCUT2D eigenvalue weighted by molar-refractivity contribution is 0.301. The Labute approximate surface area is 144 Å². The van der Waals surface area contributed by atoms with Gasteiger partial charge in [-0.05, 0) is 35.9 Å². The summed E-state index contributed by atoms with van der Waals surface area (Å²) in [5.74, 6) is 0. The maximum absolute atomic E-state index is 11.8. The van der Waals surface area contributed by atoms with Gasteiger partial charge in [-0.3, -0.25) is 0 Å². The van der Waals surface area contributed by atoms with Gasteiger partial charge in [0.25, 0.3) is 0 Å². The van der Waals surface area contributed by atoms with Crippen LogP contribution in [0.4, 0.5) is 5.69 Å². The topological polar surface area (TPSA) is 29.5 Å². The van der Waals surface area contributed by atoms with Crippen LogP contribution < -0.4 is 4.90 Å². The summed E-state index contributed by atoms with van der Waals surface area (Å²) in [5.41, 5.74) is 1.93. The number of hydrogen-bond donors (Lipinski definition) is 0. The Morgan fingerprint density at radius 1 is 0.909 bits per heavy atom. The van der Waals surface area contributed by atoms with Crippen molar-refractivity contribution in [1.82, 2.24) is 5.06 Å². The van der Waals surface area contributed by atoms with Gasteiger partial charge in [-0.15, -0.1) is 0 Å². The molecule has 22 heavy (non-hydrogen) atoms. The predicted octanol–water partition coefficient (Wildman–Crippen LogP) is 5.01.